The third-order valence-electron chi connectivity index (χ3n) is 7.57. The highest BCUT2D eigenvalue weighted by Crippen LogP contribution is 2.49. The van der Waals surface area contributed by atoms with E-state index in [2.05, 4.69) is 60.3 Å². The Balaban J connectivity index is 1.38. The van der Waals surface area contributed by atoms with Gasteiger partial charge in [0.2, 0.25) is 5.91 Å². The fourth-order valence-corrected chi connectivity index (χ4v) is 7.69. The zero-order valence-corrected chi connectivity index (χ0v) is 22.7. The van der Waals surface area contributed by atoms with Crippen LogP contribution in [0.2, 0.25) is 0 Å². The quantitative estimate of drug-likeness (QED) is 0.344. The maximum Gasteiger partial charge on any atom is 0.226 e. The number of pyridine rings is 1. The minimum atomic E-state index is 0.248. The zero-order valence-electron chi connectivity index (χ0n) is 18.8. The van der Waals surface area contributed by atoms with Crippen molar-refractivity contribution in [2.45, 2.75) is 55.7 Å². The number of aryl methyl sites for hydroxylation is 1. The van der Waals surface area contributed by atoms with E-state index in [9.17, 15) is 4.79 Å². The van der Waals surface area contributed by atoms with E-state index in [0.717, 1.165) is 74.2 Å². The number of aromatic nitrogens is 1. The first-order valence-electron chi connectivity index (χ1n) is 12.0. The lowest BCUT2D eigenvalue weighted by Gasteiger charge is -2.39. The highest BCUT2D eigenvalue weighted by Gasteiger charge is 2.39. The molecule has 1 aromatic rings. The Labute approximate surface area is 218 Å². The molecule has 1 N–H and O–H groups in total. The number of hydrogen-bond acceptors (Lipinski definition) is 3. The van der Waals surface area contributed by atoms with Crippen LogP contribution in [-0.2, 0) is 11.2 Å². The molecular formula is C26H30Br2ClN3O. The summed E-state index contributed by atoms with van der Waals surface area (Å²) in [6.45, 7) is 3.54. The molecule has 0 radical (unpaired) electrons. The van der Waals surface area contributed by atoms with Gasteiger partial charge in [-0.05, 0) is 95.8 Å². The minimum Gasteiger partial charge on any atom is -0.342 e. The molecule has 4 aliphatic rings. The van der Waals surface area contributed by atoms with Crippen LogP contribution in [0, 0.1) is 5.92 Å². The van der Waals surface area contributed by atoms with Gasteiger partial charge in [-0.25, -0.2) is 0 Å². The van der Waals surface area contributed by atoms with Crippen LogP contribution in [0.3, 0.4) is 0 Å². The Hall–Kier alpha value is -0.950. The molecule has 1 unspecified atom stereocenters. The number of likely N-dealkylation sites (tertiary alicyclic amines) is 1. The van der Waals surface area contributed by atoms with Crippen molar-refractivity contribution in [3.05, 3.63) is 61.9 Å². The maximum atomic E-state index is 13.0. The molecule has 4 nitrogen and oxygen atoms in total. The van der Waals surface area contributed by atoms with Gasteiger partial charge in [0.15, 0.2) is 0 Å². The molecule has 3 heterocycles. The number of nitrogens with one attached hydrogen (secondary N) is 1. The van der Waals surface area contributed by atoms with E-state index >= 15 is 0 Å². The van der Waals surface area contributed by atoms with Crippen LogP contribution in [0.15, 0.2) is 50.6 Å². The van der Waals surface area contributed by atoms with Crippen molar-refractivity contribution in [3.8, 4) is 0 Å². The van der Waals surface area contributed by atoms with Crippen molar-refractivity contribution in [1.82, 2.24) is 15.2 Å². The number of carbonyl (C=O) groups is 1. The lowest BCUT2D eigenvalue weighted by molar-refractivity contribution is -0.131. The second kappa shape index (κ2) is 10.3. The number of carbonyl (C=O) groups excluding carboxylic acids is 1. The first kappa shape index (κ1) is 23.8. The summed E-state index contributed by atoms with van der Waals surface area (Å²) in [5, 5.41) is 4.26. The summed E-state index contributed by atoms with van der Waals surface area (Å²) < 4.78 is 1.04. The molecule has 7 heteroatoms. The lowest BCUT2D eigenvalue weighted by atomic mass is 9.74. The second-order valence-corrected chi connectivity index (χ2v) is 12.1. The number of alkyl halides is 1. The number of allylic oxidation sites excluding steroid dienone is 4. The van der Waals surface area contributed by atoms with Crippen LogP contribution in [0.4, 0.5) is 0 Å². The summed E-state index contributed by atoms with van der Waals surface area (Å²) in [7, 11) is 0. The summed E-state index contributed by atoms with van der Waals surface area (Å²) >= 11 is 14.1. The summed E-state index contributed by atoms with van der Waals surface area (Å²) in [5.41, 5.74) is 6.70. The van der Waals surface area contributed by atoms with E-state index in [1.807, 2.05) is 6.20 Å². The SMILES string of the molecule is O=C(CC1=CCNCC1)N1CCC([C@@H]2C3=C(C=C(Cl)CC3Br)CCc3cc(Br)cnc32)CC1. The Morgan fingerprint density at radius 3 is 2.82 bits per heavy atom. The van der Waals surface area contributed by atoms with E-state index in [4.69, 9.17) is 16.6 Å². The van der Waals surface area contributed by atoms with Crippen molar-refractivity contribution in [2.75, 3.05) is 26.2 Å². The van der Waals surface area contributed by atoms with Crippen molar-refractivity contribution in [1.29, 1.82) is 0 Å². The number of hydrogen-bond donors (Lipinski definition) is 1. The predicted molar refractivity (Wildman–Crippen MR) is 141 cm³/mol. The maximum absolute atomic E-state index is 13.0. The average molecular weight is 596 g/mol. The van der Waals surface area contributed by atoms with Gasteiger partial charge < -0.3 is 10.2 Å². The summed E-state index contributed by atoms with van der Waals surface area (Å²) in [5.74, 6) is 1.05. The van der Waals surface area contributed by atoms with Crippen molar-refractivity contribution >= 4 is 49.4 Å². The van der Waals surface area contributed by atoms with Crippen LogP contribution in [0.1, 0.15) is 55.7 Å². The number of amides is 1. The molecule has 5 rings (SSSR count). The molecular weight excluding hydrogens is 566 g/mol. The van der Waals surface area contributed by atoms with Crippen LogP contribution < -0.4 is 5.32 Å². The smallest absolute Gasteiger partial charge is 0.226 e. The molecule has 0 spiro atoms. The molecule has 1 amide bonds. The molecule has 2 aliphatic heterocycles. The zero-order chi connectivity index (χ0) is 22.9. The van der Waals surface area contributed by atoms with Crippen molar-refractivity contribution in [2.24, 2.45) is 5.92 Å². The second-order valence-electron chi connectivity index (χ2n) is 9.63. The Bertz CT molecular complexity index is 1030. The average Bonchev–Trinajstić information content (AvgIpc) is 2.96. The molecule has 0 saturated carbocycles. The fourth-order valence-electron chi connectivity index (χ4n) is 5.91. The van der Waals surface area contributed by atoms with Crippen molar-refractivity contribution in [3.63, 3.8) is 0 Å². The normalized spacial score (nSPS) is 26.2. The van der Waals surface area contributed by atoms with Gasteiger partial charge in [0, 0.05) is 52.5 Å². The van der Waals surface area contributed by atoms with E-state index in [-0.39, 0.29) is 16.7 Å². The highest BCUT2D eigenvalue weighted by atomic mass is 79.9. The number of fused-ring (bicyclic) bond motifs is 1. The number of rotatable bonds is 3. The molecule has 1 saturated heterocycles. The van der Waals surface area contributed by atoms with Gasteiger partial charge in [-0.1, -0.05) is 39.2 Å². The highest BCUT2D eigenvalue weighted by molar-refractivity contribution is 9.10. The standard InChI is InChI=1S/C26H30Br2ClN3O/c27-20-12-19-2-1-18-13-21(29)14-22(28)24(18)25(26(19)31-15-20)17-5-9-32(10-6-17)23(33)11-16-3-7-30-8-4-16/h3,12-13,15,17,22,25,30H,1-2,4-11,14H2/t22?,25-/m1/s1. The van der Waals surface area contributed by atoms with Crippen molar-refractivity contribution < 1.29 is 4.79 Å². The molecule has 33 heavy (non-hydrogen) atoms. The van der Waals surface area contributed by atoms with Gasteiger partial charge >= 0.3 is 0 Å². The van der Waals surface area contributed by atoms with Gasteiger partial charge in [0.05, 0.1) is 5.69 Å². The molecule has 176 valence electrons. The third-order valence-corrected chi connectivity index (χ3v) is 9.09. The van der Waals surface area contributed by atoms with Gasteiger partial charge in [-0.15, -0.1) is 0 Å². The van der Waals surface area contributed by atoms with Crippen LogP contribution in [0.25, 0.3) is 0 Å². The molecule has 2 atom stereocenters. The topological polar surface area (TPSA) is 45.2 Å². The molecule has 2 aliphatic carbocycles. The van der Waals surface area contributed by atoms with Gasteiger partial charge in [0.25, 0.3) is 0 Å². The third kappa shape index (κ3) is 5.19. The molecule has 0 bridgehead atoms. The predicted octanol–water partition coefficient (Wildman–Crippen LogP) is 6.01. The van der Waals surface area contributed by atoms with Gasteiger partial charge in [-0.2, -0.15) is 0 Å². The van der Waals surface area contributed by atoms with Crippen LogP contribution >= 0.6 is 43.5 Å². The lowest BCUT2D eigenvalue weighted by Crippen LogP contribution is -2.41. The van der Waals surface area contributed by atoms with E-state index in [1.54, 1.807) is 0 Å². The van der Waals surface area contributed by atoms with Crippen LogP contribution in [0.5, 0.6) is 0 Å². The van der Waals surface area contributed by atoms with Gasteiger partial charge in [-0.3, -0.25) is 9.78 Å². The first-order valence-corrected chi connectivity index (χ1v) is 14.1. The van der Waals surface area contributed by atoms with E-state index in [1.165, 1.54) is 28.0 Å². The fraction of sp³-hybridized carbons (Fsp3) is 0.538. The number of piperidine rings is 1. The molecule has 1 fully saturated rings. The number of nitrogens with zero attached hydrogens (tertiary/aromatic N) is 2. The summed E-state index contributed by atoms with van der Waals surface area (Å²) in [4.78, 5) is 20.3. The minimum absolute atomic E-state index is 0.248. The first-order chi connectivity index (χ1) is 16.0. The summed E-state index contributed by atoms with van der Waals surface area (Å²) in [6.07, 6.45) is 12.7. The Kier molecular flexibility index (Phi) is 7.46. The van der Waals surface area contributed by atoms with E-state index < -0.39 is 0 Å². The molecule has 1 aromatic heterocycles. The Morgan fingerprint density at radius 2 is 2.06 bits per heavy atom. The number of halogens is 3. The van der Waals surface area contributed by atoms with Gasteiger partial charge in [0.1, 0.15) is 0 Å². The largest absolute Gasteiger partial charge is 0.342 e. The van der Waals surface area contributed by atoms with E-state index in [0.29, 0.717) is 12.3 Å². The monoisotopic (exact) mass is 593 g/mol. The molecule has 0 aromatic carbocycles. The summed E-state index contributed by atoms with van der Waals surface area (Å²) in [6, 6.07) is 2.24. The van der Waals surface area contributed by atoms with Crippen LogP contribution in [-0.4, -0.2) is 46.8 Å². The Morgan fingerprint density at radius 1 is 1.24 bits per heavy atom.